The fourth-order valence-corrected chi connectivity index (χ4v) is 2.58. The van der Waals surface area contributed by atoms with Crippen LogP contribution in [0.4, 0.5) is 0 Å². The maximum absolute atomic E-state index is 3.59. The quantitative estimate of drug-likeness (QED) is 0.562. The van der Waals surface area contributed by atoms with Crippen molar-refractivity contribution in [2.75, 3.05) is 13.1 Å². The number of nitrogens with one attached hydrogen (secondary N) is 1. The standard InChI is InChI=1S/C10H19N/c1-3-9-5-2-6-10(4-1)8-11-7-9/h9-11H,1-8H2. The van der Waals surface area contributed by atoms with E-state index in [0.29, 0.717) is 0 Å². The minimum Gasteiger partial charge on any atom is -0.316 e. The molecule has 3 rings (SSSR count). The first-order valence-corrected chi connectivity index (χ1v) is 5.16. The monoisotopic (exact) mass is 153 g/mol. The Labute approximate surface area is 69.6 Å². The van der Waals surface area contributed by atoms with Gasteiger partial charge in [-0.05, 0) is 50.6 Å². The van der Waals surface area contributed by atoms with Crippen molar-refractivity contribution in [2.24, 2.45) is 11.8 Å². The van der Waals surface area contributed by atoms with Gasteiger partial charge < -0.3 is 5.32 Å². The van der Waals surface area contributed by atoms with Gasteiger partial charge in [-0.1, -0.05) is 12.8 Å². The molecule has 0 amide bonds. The van der Waals surface area contributed by atoms with Gasteiger partial charge in [0.15, 0.2) is 0 Å². The second-order valence-corrected chi connectivity index (χ2v) is 4.25. The predicted octanol–water partition coefficient (Wildman–Crippen LogP) is 2.18. The molecule has 0 spiro atoms. The Hall–Kier alpha value is -0.0400. The molecule has 2 aliphatic heterocycles. The predicted molar refractivity (Wildman–Crippen MR) is 47.6 cm³/mol. The summed E-state index contributed by atoms with van der Waals surface area (Å²) in [6.45, 7) is 2.60. The van der Waals surface area contributed by atoms with Crippen LogP contribution in [0.1, 0.15) is 38.5 Å². The average molecular weight is 153 g/mol. The molecule has 0 aromatic rings. The molecule has 0 radical (unpaired) electrons. The van der Waals surface area contributed by atoms with Crippen LogP contribution in [-0.4, -0.2) is 13.1 Å². The minimum absolute atomic E-state index is 1.01. The fourth-order valence-electron chi connectivity index (χ4n) is 2.58. The highest BCUT2D eigenvalue weighted by Gasteiger charge is 2.19. The molecule has 3 fully saturated rings. The third-order valence-corrected chi connectivity index (χ3v) is 3.32. The Morgan fingerprint density at radius 3 is 1.64 bits per heavy atom. The third kappa shape index (κ3) is 1.96. The molecule has 1 heteroatoms. The molecule has 1 nitrogen and oxygen atoms in total. The number of hydrogen-bond acceptors (Lipinski definition) is 1. The molecule has 2 bridgehead atoms. The summed E-state index contributed by atoms with van der Waals surface area (Å²) in [4.78, 5) is 0. The normalized spacial score (nSPS) is 39.3. The third-order valence-electron chi connectivity index (χ3n) is 3.32. The maximum atomic E-state index is 3.59. The van der Waals surface area contributed by atoms with Crippen molar-refractivity contribution >= 4 is 0 Å². The highest BCUT2D eigenvalue weighted by Crippen LogP contribution is 2.27. The van der Waals surface area contributed by atoms with Crippen LogP contribution in [0.25, 0.3) is 0 Å². The zero-order chi connectivity index (χ0) is 7.52. The number of hydrogen-bond donors (Lipinski definition) is 1. The summed E-state index contributed by atoms with van der Waals surface area (Å²) in [6.07, 6.45) is 8.95. The number of fused-ring (bicyclic) bond motifs is 6. The second kappa shape index (κ2) is 3.57. The molecule has 1 saturated carbocycles. The minimum atomic E-state index is 1.01. The molecule has 3 aliphatic rings. The van der Waals surface area contributed by atoms with Gasteiger partial charge in [-0.25, -0.2) is 0 Å². The molecule has 11 heavy (non-hydrogen) atoms. The van der Waals surface area contributed by atoms with Crippen LogP contribution in [0.2, 0.25) is 0 Å². The summed E-state index contributed by atoms with van der Waals surface area (Å²) in [6, 6.07) is 0. The Morgan fingerprint density at radius 2 is 1.18 bits per heavy atom. The largest absolute Gasteiger partial charge is 0.316 e. The van der Waals surface area contributed by atoms with Gasteiger partial charge in [0.2, 0.25) is 0 Å². The van der Waals surface area contributed by atoms with Crippen molar-refractivity contribution in [3.05, 3.63) is 0 Å². The summed E-state index contributed by atoms with van der Waals surface area (Å²) in [5, 5.41) is 3.59. The van der Waals surface area contributed by atoms with Gasteiger partial charge in [-0.2, -0.15) is 0 Å². The molecule has 0 aromatic heterocycles. The molecule has 0 unspecified atom stereocenters. The Kier molecular flexibility index (Phi) is 2.47. The molecule has 2 saturated heterocycles. The molecule has 64 valence electrons. The van der Waals surface area contributed by atoms with Gasteiger partial charge in [-0.3, -0.25) is 0 Å². The lowest BCUT2D eigenvalue weighted by Gasteiger charge is -2.29. The lowest BCUT2D eigenvalue weighted by molar-refractivity contribution is 0.262. The van der Waals surface area contributed by atoms with Crippen molar-refractivity contribution in [1.82, 2.24) is 5.32 Å². The van der Waals surface area contributed by atoms with E-state index in [1.54, 1.807) is 0 Å². The van der Waals surface area contributed by atoms with E-state index in [1.165, 1.54) is 51.6 Å². The number of rotatable bonds is 0. The molecule has 0 atom stereocenters. The van der Waals surface area contributed by atoms with Crippen molar-refractivity contribution in [1.29, 1.82) is 0 Å². The summed E-state index contributed by atoms with van der Waals surface area (Å²) in [7, 11) is 0. The highest BCUT2D eigenvalue weighted by atomic mass is 14.9. The van der Waals surface area contributed by atoms with Gasteiger partial charge in [0.1, 0.15) is 0 Å². The fraction of sp³-hybridized carbons (Fsp3) is 1.00. The Bertz CT molecular complexity index is 86.3. The molecule has 1 aliphatic carbocycles. The van der Waals surface area contributed by atoms with Crippen LogP contribution in [0.3, 0.4) is 0 Å². The van der Waals surface area contributed by atoms with Crippen LogP contribution < -0.4 is 5.32 Å². The van der Waals surface area contributed by atoms with Gasteiger partial charge in [0.25, 0.3) is 0 Å². The van der Waals surface area contributed by atoms with Gasteiger partial charge in [-0.15, -0.1) is 0 Å². The summed E-state index contributed by atoms with van der Waals surface area (Å²) in [5.74, 6) is 2.02. The van der Waals surface area contributed by atoms with E-state index in [-0.39, 0.29) is 0 Å². The van der Waals surface area contributed by atoms with Crippen LogP contribution in [0, 0.1) is 11.8 Å². The van der Waals surface area contributed by atoms with Crippen molar-refractivity contribution in [3.63, 3.8) is 0 Å². The van der Waals surface area contributed by atoms with Crippen LogP contribution in [0.5, 0.6) is 0 Å². The topological polar surface area (TPSA) is 12.0 Å². The van der Waals surface area contributed by atoms with E-state index in [4.69, 9.17) is 0 Å². The zero-order valence-electron chi connectivity index (χ0n) is 7.31. The summed E-state index contributed by atoms with van der Waals surface area (Å²) >= 11 is 0. The van der Waals surface area contributed by atoms with Gasteiger partial charge in [0, 0.05) is 0 Å². The lowest BCUT2D eigenvalue weighted by atomic mass is 9.83. The van der Waals surface area contributed by atoms with E-state index in [2.05, 4.69) is 5.32 Å². The van der Waals surface area contributed by atoms with Crippen LogP contribution in [0.15, 0.2) is 0 Å². The Balaban J connectivity index is 1.96. The summed E-state index contributed by atoms with van der Waals surface area (Å²) in [5.41, 5.74) is 0. The van der Waals surface area contributed by atoms with Crippen molar-refractivity contribution < 1.29 is 0 Å². The van der Waals surface area contributed by atoms with E-state index < -0.39 is 0 Å². The first kappa shape index (κ1) is 7.60. The zero-order valence-corrected chi connectivity index (χ0v) is 7.31. The first-order valence-electron chi connectivity index (χ1n) is 5.16. The van der Waals surface area contributed by atoms with E-state index in [9.17, 15) is 0 Å². The van der Waals surface area contributed by atoms with Crippen LogP contribution in [-0.2, 0) is 0 Å². The summed E-state index contributed by atoms with van der Waals surface area (Å²) < 4.78 is 0. The highest BCUT2D eigenvalue weighted by molar-refractivity contribution is 4.75. The Morgan fingerprint density at radius 1 is 0.727 bits per heavy atom. The molecule has 2 heterocycles. The van der Waals surface area contributed by atoms with Gasteiger partial charge >= 0.3 is 0 Å². The van der Waals surface area contributed by atoms with E-state index in [1.807, 2.05) is 0 Å². The molecular formula is C10H19N. The van der Waals surface area contributed by atoms with Crippen molar-refractivity contribution in [3.8, 4) is 0 Å². The SMILES string of the molecule is C1CC2CCCC(C1)CNC2. The lowest BCUT2D eigenvalue weighted by Crippen LogP contribution is -2.33. The smallest absolute Gasteiger partial charge is 0.00204 e. The van der Waals surface area contributed by atoms with Gasteiger partial charge in [0.05, 0.1) is 0 Å². The maximum Gasteiger partial charge on any atom is -0.00204 e. The molecule has 0 aromatic carbocycles. The second-order valence-electron chi connectivity index (χ2n) is 4.25. The van der Waals surface area contributed by atoms with E-state index >= 15 is 0 Å². The van der Waals surface area contributed by atoms with Crippen molar-refractivity contribution in [2.45, 2.75) is 38.5 Å². The van der Waals surface area contributed by atoms with E-state index in [0.717, 1.165) is 11.8 Å². The first-order chi connectivity index (χ1) is 5.45. The molecular weight excluding hydrogens is 134 g/mol. The molecule has 1 N–H and O–H groups in total. The van der Waals surface area contributed by atoms with Crippen LogP contribution >= 0.6 is 0 Å². The average Bonchev–Trinajstić information content (AvgIpc) is 1.80.